The summed E-state index contributed by atoms with van der Waals surface area (Å²) >= 11 is 3.35. The Kier molecular flexibility index (Phi) is 5.20. The van der Waals surface area contributed by atoms with Crippen LogP contribution in [0.3, 0.4) is 0 Å². The van der Waals surface area contributed by atoms with Crippen LogP contribution in [0.4, 0.5) is 4.39 Å². The van der Waals surface area contributed by atoms with Crippen LogP contribution in [0, 0.1) is 5.82 Å². The zero-order chi connectivity index (χ0) is 15.4. The number of rotatable bonds is 5. The molecule has 5 heteroatoms. The number of hydrogen-bond acceptors (Lipinski definition) is 3. The summed E-state index contributed by atoms with van der Waals surface area (Å²) in [6.07, 6.45) is -0.659. The second-order valence-electron chi connectivity index (χ2n) is 4.60. The van der Waals surface area contributed by atoms with Gasteiger partial charge in [0.1, 0.15) is 23.9 Å². The summed E-state index contributed by atoms with van der Waals surface area (Å²) in [5, 5.41) is 9.73. The number of aliphatic hydroxyl groups excluding tert-OH is 1. The number of ether oxygens (including phenoxy) is 2. The highest BCUT2D eigenvalue weighted by Gasteiger charge is 2.11. The van der Waals surface area contributed by atoms with Gasteiger partial charge in [0.2, 0.25) is 0 Å². The predicted octanol–water partition coefficient (Wildman–Crippen LogP) is 4.23. The van der Waals surface area contributed by atoms with Crippen molar-refractivity contribution < 1.29 is 19.0 Å². The fraction of sp³-hybridized carbons (Fsp3) is 0.250. The van der Waals surface area contributed by atoms with E-state index in [1.54, 1.807) is 31.2 Å². The first kappa shape index (κ1) is 15.8. The molecule has 0 aliphatic carbocycles. The number of hydrogen-bond donors (Lipinski definition) is 1. The van der Waals surface area contributed by atoms with E-state index < -0.39 is 6.10 Å². The van der Waals surface area contributed by atoms with Gasteiger partial charge in [-0.05, 0) is 31.2 Å². The summed E-state index contributed by atoms with van der Waals surface area (Å²) in [4.78, 5) is 0. The Labute approximate surface area is 131 Å². The van der Waals surface area contributed by atoms with Crippen molar-refractivity contribution in [1.29, 1.82) is 0 Å². The molecule has 3 nitrogen and oxygen atoms in total. The van der Waals surface area contributed by atoms with Gasteiger partial charge in [0.05, 0.1) is 13.2 Å². The van der Waals surface area contributed by atoms with Crippen LogP contribution in [0.25, 0.3) is 0 Å². The van der Waals surface area contributed by atoms with Crippen molar-refractivity contribution in [3.05, 3.63) is 57.8 Å². The Morgan fingerprint density at radius 1 is 1.24 bits per heavy atom. The molecule has 0 saturated heterocycles. The van der Waals surface area contributed by atoms with E-state index in [2.05, 4.69) is 15.9 Å². The van der Waals surface area contributed by atoms with Crippen LogP contribution >= 0.6 is 15.9 Å². The molecule has 0 spiro atoms. The topological polar surface area (TPSA) is 38.7 Å². The van der Waals surface area contributed by atoms with Crippen molar-refractivity contribution in [2.45, 2.75) is 19.6 Å². The maximum atomic E-state index is 13.9. The van der Waals surface area contributed by atoms with Gasteiger partial charge in [-0.15, -0.1) is 0 Å². The molecule has 0 fully saturated rings. The molecule has 21 heavy (non-hydrogen) atoms. The van der Waals surface area contributed by atoms with Crippen LogP contribution in [0.5, 0.6) is 11.5 Å². The largest absolute Gasteiger partial charge is 0.497 e. The van der Waals surface area contributed by atoms with Crippen LogP contribution < -0.4 is 9.47 Å². The summed E-state index contributed by atoms with van der Waals surface area (Å²) in [6.45, 7) is 1.73. The van der Waals surface area contributed by atoms with Crippen molar-refractivity contribution in [3.8, 4) is 11.5 Å². The monoisotopic (exact) mass is 354 g/mol. The standard InChI is InChI=1S/C16H16BrFO3/c1-10(19)14-6-4-12(17)7-16(14)21-9-11-3-5-13(20-2)8-15(11)18/h3-8,10,19H,9H2,1-2H3/t10-/m0/s1. The maximum absolute atomic E-state index is 13.9. The second kappa shape index (κ2) is 6.91. The third kappa shape index (κ3) is 3.95. The van der Waals surface area contributed by atoms with Crippen molar-refractivity contribution in [2.75, 3.05) is 7.11 Å². The van der Waals surface area contributed by atoms with Crippen LogP contribution in [0.2, 0.25) is 0 Å². The molecule has 112 valence electrons. The zero-order valence-electron chi connectivity index (χ0n) is 11.8. The van der Waals surface area contributed by atoms with Gasteiger partial charge in [-0.1, -0.05) is 22.0 Å². The van der Waals surface area contributed by atoms with Crippen molar-refractivity contribution in [3.63, 3.8) is 0 Å². The van der Waals surface area contributed by atoms with E-state index in [1.165, 1.54) is 13.2 Å². The number of halogens is 2. The number of methoxy groups -OCH3 is 1. The van der Waals surface area contributed by atoms with Gasteiger partial charge in [0.15, 0.2) is 0 Å². The molecule has 0 aromatic heterocycles. The molecule has 2 aromatic carbocycles. The minimum atomic E-state index is -0.659. The van der Waals surface area contributed by atoms with Gasteiger partial charge in [-0.25, -0.2) is 4.39 Å². The van der Waals surface area contributed by atoms with Crippen molar-refractivity contribution >= 4 is 15.9 Å². The molecular formula is C16H16BrFO3. The van der Waals surface area contributed by atoms with Crippen LogP contribution in [-0.4, -0.2) is 12.2 Å². The molecule has 1 atom stereocenters. The van der Waals surface area contributed by atoms with E-state index >= 15 is 0 Å². The molecule has 2 aromatic rings. The molecule has 0 aliphatic rings. The summed E-state index contributed by atoms with van der Waals surface area (Å²) in [7, 11) is 1.49. The van der Waals surface area contributed by atoms with E-state index in [4.69, 9.17) is 9.47 Å². The first-order valence-electron chi connectivity index (χ1n) is 6.44. The van der Waals surface area contributed by atoms with Crippen LogP contribution in [-0.2, 0) is 6.61 Å². The summed E-state index contributed by atoms with van der Waals surface area (Å²) in [6, 6.07) is 9.96. The third-order valence-corrected chi connectivity index (χ3v) is 3.56. The van der Waals surface area contributed by atoms with E-state index in [1.807, 2.05) is 6.07 Å². The summed E-state index contributed by atoms with van der Waals surface area (Å²) in [5.41, 5.74) is 1.08. The predicted molar refractivity (Wildman–Crippen MR) is 82.1 cm³/mol. The lowest BCUT2D eigenvalue weighted by Crippen LogP contribution is -2.03. The summed E-state index contributed by atoms with van der Waals surface area (Å²) in [5.74, 6) is 0.598. The summed E-state index contributed by atoms with van der Waals surface area (Å²) < 4.78 is 25.3. The Bertz CT molecular complexity index is 629. The van der Waals surface area contributed by atoms with Crippen LogP contribution in [0.15, 0.2) is 40.9 Å². The first-order chi connectivity index (χ1) is 10.0. The van der Waals surface area contributed by atoms with E-state index in [0.717, 1.165) is 4.47 Å². The highest BCUT2D eigenvalue weighted by atomic mass is 79.9. The second-order valence-corrected chi connectivity index (χ2v) is 5.52. The van der Waals surface area contributed by atoms with Gasteiger partial charge in [0.25, 0.3) is 0 Å². The number of benzene rings is 2. The molecule has 0 bridgehead atoms. The minimum absolute atomic E-state index is 0.0754. The molecule has 0 heterocycles. The quantitative estimate of drug-likeness (QED) is 0.873. The van der Waals surface area contributed by atoms with E-state index in [0.29, 0.717) is 22.6 Å². The van der Waals surface area contributed by atoms with Gasteiger partial charge in [-0.2, -0.15) is 0 Å². The fourth-order valence-corrected chi connectivity index (χ4v) is 2.25. The normalized spacial score (nSPS) is 12.0. The van der Waals surface area contributed by atoms with Crippen molar-refractivity contribution in [1.82, 2.24) is 0 Å². The molecule has 0 radical (unpaired) electrons. The van der Waals surface area contributed by atoms with Gasteiger partial charge < -0.3 is 14.6 Å². The van der Waals surface area contributed by atoms with Gasteiger partial charge in [-0.3, -0.25) is 0 Å². The van der Waals surface area contributed by atoms with Crippen LogP contribution in [0.1, 0.15) is 24.2 Å². The fourth-order valence-electron chi connectivity index (χ4n) is 1.91. The Morgan fingerprint density at radius 2 is 2.00 bits per heavy atom. The Morgan fingerprint density at radius 3 is 2.62 bits per heavy atom. The lowest BCUT2D eigenvalue weighted by Gasteiger charge is -2.14. The molecule has 0 unspecified atom stereocenters. The lowest BCUT2D eigenvalue weighted by atomic mass is 10.1. The molecule has 2 rings (SSSR count). The molecule has 1 N–H and O–H groups in total. The first-order valence-corrected chi connectivity index (χ1v) is 7.23. The Hall–Kier alpha value is -1.59. The average Bonchev–Trinajstić information content (AvgIpc) is 2.45. The molecule has 0 aliphatic heterocycles. The molecule has 0 amide bonds. The van der Waals surface area contributed by atoms with E-state index in [9.17, 15) is 9.50 Å². The number of aliphatic hydroxyl groups is 1. The minimum Gasteiger partial charge on any atom is -0.497 e. The molecule has 0 saturated carbocycles. The lowest BCUT2D eigenvalue weighted by molar-refractivity contribution is 0.190. The zero-order valence-corrected chi connectivity index (χ0v) is 13.4. The molecular weight excluding hydrogens is 339 g/mol. The smallest absolute Gasteiger partial charge is 0.133 e. The highest BCUT2D eigenvalue weighted by molar-refractivity contribution is 9.10. The Balaban J connectivity index is 2.18. The maximum Gasteiger partial charge on any atom is 0.133 e. The highest BCUT2D eigenvalue weighted by Crippen LogP contribution is 2.29. The SMILES string of the molecule is COc1ccc(COc2cc(Br)ccc2[C@H](C)O)c(F)c1. The van der Waals surface area contributed by atoms with Gasteiger partial charge in [0, 0.05) is 21.7 Å². The van der Waals surface area contributed by atoms with Gasteiger partial charge >= 0.3 is 0 Å². The van der Waals surface area contributed by atoms with Crippen molar-refractivity contribution in [2.24, 2.45) is 0 Å². The van der Waals surface area contributed by atoms with E-state index in [-0.39, 0.29) is 12.4 Å². The third-order valence-electron chi connectivity index (χ3n) is 3.07. The average molecular weight is 355 g/mol.